The van der Waals surface area contributed by atoms with E-state index in [9.17, 15) is 0 Å². The molecule has 0 unspecified atom stereocenters. The van der Waals surface area contributed by atoms with Gasteiger partial charge in [0.2, 0.25) is 0 Å². The molecule has 0 saturated carbocycles. The van der Waals surface area contributed by atoms with E-state index in [0.29, 0.717) is 0 Å². The van der Waals surface area contributed by atoms with Crippen LogP contribution < -0.4 is 4.90 Å². The van der Waals surface area contributed by atoms with Gasteiger partial charge < -0.3 is 4.90 Å². The lowest BCUT2D eigenvalue weighted by Gasteiger charge is -2.30. The summed E-state index contributed by atoms with van der Waals surface area (Å²) in [7, 11) is 0. The highest BCUT2D eigenvalue weighted by molar-refractivity contribution is 5.88. The maximum atomic E-state index is 4.72. The highest BCUT2D eigenvalue weighted by Crippen LogP contribution is 2.26. The fourth-order valence-corrected chi connectivity index (χ4v) is 4.26. The summed E-state index contributed by atoms with van der Waals surface area (Å²) in [6.45, 7) is 6.78. The first-order chi connectivity index (χ1) is 12.7. The lowest BCUT2D eigenvalue weighted by Crippen LogP contribution is -2.30. The van der Waals surface area contributed by atoms with Crippen molar-refractivity contribution in [2.45, 2.75) is 46.0 Å². The predicted molar refractivity (Wildman–Crippen MR) is 118 cm³/mol. The molecule has 3 aromatic rings. The summed E-state index contributed by atoms with van der Waals surface area (Å²) >= 11 is 0. The van der Waals surface area contributed by atoms with E-state index in [4.69, 9.17) is 4.98 Å². The van der Waals surface area contributed by atoms with Gasteiger partial charge in [0, 0.05) is 30.7 Å². The molecule has 1 aliphatic heterocycles. The molecule has 0 spiro atoms. The van der Waals surface area contributed by atoms with Gasteiger partial charge in [-0.2, -0.15) is 0 Å². The number of aryl methyl sites for hydroxylation is 4. The molecule has 2 nitrogen and oxygen atoms in total. The van der Waals surface area contributed by atoms with Gasteiger partial charge in [-0.15, -0.1) is 12.4 Å². The lowest BCUT2D eigenvalue weighted by molar-refractivity contribution is 0.576. The van der Waals surface area contributed by atoms with Crippen LogP contribution in [0.1, 0.15) is 41.6 Å². The molecular weight excluding hydrogens is 352 g/mol. The quantitative estimate of drug-likeness (QED) is 0.547. The Labute approximate surface area is 169 Å². The van der Waals surface area contributed by atoms with E-state index < -0.39 is 0 Å². The monoisotopic (exact) mass is 380 g/mol. The number of rotatable bonds is 4. The third-order valence-corrected chi connectivity index (χ3v) is 5.68. The van der Waals surface area contributed by atoms with Gasteiger partial charge in [0.25, 0.3) is 0 Å². The maximum absolute atomic E-state index is 4.72. The van der Waals surface area contributed by atoms with Gasteiger partial charge in [0.1, 0.15) is 0 Å². The van der Waals surface area contributed by atoms with Crippen molar-refractivity contribution >= 4 is 28.9 Å². The van der Waals surface area contributed by atoms with Gasteiger partial charge in [-0.05, 0) is 79.5 Å². The van der Waals surface area contributed by atoms with Crippen molar-refractivity contribution in [2.75, 3.05) is 18.0 Å². The van der Waals surface area contributed by atoms with Crippen LogP contribution in [0.15, 0.2) is 48.7 Å². The number of benzene rings is 2. The Hall–Kier alpha value is -2.06. The number of anilines is 1. The zero-order valence-corrected chi connectivity index (χ0v) is 17.2. The first kappa shape index (κ1) is 19.7. The summed E-state index contributed by atoms with van der Waals surface area (Å²) < 4.78 is 0. The molecule has 0 aliphatic carbocycles. The second-order valence-corrected chi connectivity index (χ2v) is 7.60. The van der Waals surface area contributed by atoms with Crippen LogP contribution in [0.2, 0.25) is 0 Å². The van der Waals surface area contributed by atoms with E-state index in [1.54, 1.807) is 0 Å². The van der Waals surface area contributed by atoms with Gasteiger partial charge in [0.15, 0.2) is 0 Å². The Balaban J connectivity index is 0.00000210. The highest BCUT2D eigenvalue weighted by atomic mass is 35.5. The van der Waals surface area contributed by atoms with E-state index in [-0.39, 0.29) is 12.4 Å². The SMILES string of the molecule is Cc1cnc(CCc2cccc3cccc(C)c23)cc1N1CCCCC1.Cl. The van der Waals surface area contributed by atoms with Crippen LogP contribution in [0.4, 0.5) is 5.69 Å². The van der Waals surface area contributed by atoms with Gasteiger partial charge in [-0.1, -0.05) is 36.4 Å². The van der Waals surface area contributed by atoms with E-state index in [2.05, 4.69) is 67.4 Å². The Kier molecular flexibility index (Phi) is 6.38. The van der Waals surface area contributed by atoms with E-state index >= 15 is 0 Å². The van der Waals surface area contributed by atoms with Gasteiger partial charge >= 0.3 is 0 Å². The molecule has 0 bridgehead atoms. The number of hydrogen-bond acceptors (Lipinski definition) is 2. The molecule has 4 rings (SSSR count). The van der Waals surface area contributed by atoms with Crippen LogP contribution in [0.3, 0.4) is 0 Å². The third-order valence-electron chi connectivity index (χ3n) is 5.68. The molecule has 1 aromatic heterocycles. The largest absolute Gasteiger partial charge is 0.371 e. The molecule has 1 saturated heterocycles. The lowest BCUT2D eigenvalue weighted by atomic mass is 9.96. The van der Waals surface area contributed by atoms with Crippen LogP contribution in [-0.2, 0) is 12.8 Å². The number of piperidine rings is 1. The summed E-state index contributed by atoms with van der Waals surface area (Å²) in [4.78, 5) is 7.27. The minimum absolute atomic E-state index is 0. The first-order valence-corrected chi connectivity index (χ1v) is 9.90. The van der Waals surface area contributed by atoms with E-state index in [0.717, 1.165) is 12.8 Å². The normalized spacial score (nSPS) is 14.2. The smallest absolute Gasteiger partial charge is 0.0429 e. The standard InChI is InChI=1S/C24H28N2.ClH/c1-18-8-6-9-20-10-7-11-21(24(18)20)12-13-22-16-23(19(2)17-25-22)26-14-4-3-5-15-26;/h6-11,16-17H,3-5,12-15H2,1-2H3;1H. The highest BCUT2D eigenvalue weighted by Gasteiger charge is 2.14. The molecular formula is C24H29ClN2. The zero-order chi connectivity index (χ0) is 17.9. The summed E-state index contributed by atoms with van der Waals surface area (Å²) in [5.41, 5.74) is 6.70. The molecule has 1 fully saturated rings. The Morgan fingerprint density at radius 2 is 1.63 bits per heavy atom. The van der Waals surface area contributed by atoms with Crippen molar-refractivity contribution in [3.63, 3.8) is 0 Å². The topological polar surface area (TPSA) is 16.1 Å². The molecule has 2 aromatic carbocycles. The fourth-order valence-electron chi connectivity index (χ4n) is 4.26. The molecule has 0 amide bonds. The van der Waals surface area contributed by atoms with Crippen LogP contribution in [0.5, 0.6) is 0 Å². The van der Waals surface area contributed by atoms with Crippen molar-refractivity contribution in [3.8, 4) is 0 Å². The number of pyridine rings is 1. The van der Waals surface area contributed by atoms with Crippen molar-refractivity contribution in [1.82, 2.24) is 4.98 Å². The number of halogens is 1. The maximum Gasteiger partial charge on any atom is 0.0429 e. The summed E-state index contributed by atoms with van der Waals surface area (Å²) in [5.74, 6) is 0. The van der Waals surface area contributed by atoms with E-state index in [1.165, 1.54) is 71.2 Å². The average molecular weight is 381 g/mol. The second kappa shape index (κ2) is 8.75. The zero-order valence-electron chi connectivity index (χ0n) is 16.4. The van der Waals surface area contributed by atoms with Crippen LogP contribution in [0.25, 0.3) is 10.8 Å². The van der Waals surface area contributed by atoms with Gasteiger partial charge in [0.05, 0.1) is 0 Å². The van der Waals surface area contributed by atoms with Crippen LogP contribution in [-0.4, -0.2) is 18.1 Å². The third kappa shape index (κ3) is 4.27. The number of aromatic nitrogens is 1. The first-order valence-electron chi connectivity index (χ1n) is 9.90. The second-order valence-electron chi connectivity index (χ2n) is 7.60. The fraction of sp³-hybridized carbons (Fsp3) is 0.375. The number of nitrogens with zero attached hydrogens (tertiary/aromatic N) is 2. The Bertz CT molecular complexity index is 908. The Morgan fingerprint density at radius 1 is 0.889 bits per heavy atom. The van der Waals surface area contributed by atoms with Gasteiger partial charge in [-0.3, -0.25) is 4.98 Å². The summed E-state index contributed by atoms with van der Waals surface area (Å²) in [6, 6.07) is 15.6. The molecule has 0 radical (unpaired) electrons. The molecule has 2 heterocycles. The van der Waals surface area contributed by atoms with Crippen molar-refractivity contribution in [3.05, 3.63) is 71.0 Å². The molecule has 0 N–H and O–H groups in total. The van der Waals surface area contributed by atoms with Gasteiger partial charge in [-0.25, -0.2) is 0 Å². The number of fused-ring (bicyclic) bond motifs is 1. The molecule has 27 heavy (non-hydrogen) atoms. The van der Waals surface area contributed by atoms with Crippen LogP contribution in [0, 0.1) is 13.8 Å². The number of hydrogen-bond donors (Lipinski definition) is 0. The molecule has 3 heteroatoms. The van der Waals surface area contributed by atoms with Crippen molar-refractivity contribution in [2.24, 2.45) is 0 Å². The average Bonchev–Trinajstić information content (AvgIpc) is 2.68. The minimum atomic E-state index is 0. The minimum Gasteiger partial charge on any atom is -0.371 e. The van der Waals surface area contributed by atoms with Crippen molar-refractivity contribution in [1.29, 1.82) is 0 Å². The molecule has 1 aliphatic rings. The summed E-state index contributed by atoms with van der Waals surface area (Å²) in [6.07, 6.45) is 8.09. The van der Waals surface area contributed by atoms with Crippen LogP contribution >= 0.6 is 12.4 Å². The molecule has 0 atom stereocenters. The summed E-state index contributed by atoms with van der Waals surface area (Å²) in [5, 5.41) is 2.76. The molecule has 142 valence electrons. The van der Waals surface area contributed by atoms with Crippen molar-refractivity contribution < 1.29 is 0 Å². The Morgan fingerprint density at radius 3 is 2.41 bits per heavy atom. The van der Waals surface area contributed by atoms with E-state index in [1.807, 2.05) is 0 Å². The predicted octanol–water partition coefficient (Wildman–Crippen LogP) is 6.05.